The first-order valence-electron chi connectivity index (χ1n) is 20.2. The van der Waals surface area contributed by atoms with Crippen LogP contribution in [0.4, 0.5) is 0 Å². The van der Waals surface area contributed by atoms with E-state index in [4.69, 9.17) is 24.3 Å². The van der Waals surface area contributed by atoms with Crippen molar-refractivity contribution in [2.24, 2.45) is 5.73 Å². The largest absolute Gasteiger partial charge is 0.498 e. The van der Waals surface area contributed by atoms with Gasteiger partial charge in [0, 0.05) is 13.0 Å². The lowest BCUT2D eigenvalue weighted by Crippen LogP contribution is -2.27. The fourth-order valence-corrected chi connectivity index (χ4v) is 6.09. The van der Waals surface area contributed by atoms with Crippen LogP contribution in [0, 0.1) is 0 Å². The summed E-state index contributed by atoms with van der Waals surface area (Å²) in [5, 5.41) is 0. The minimum absolute atomic E-state index is 0.0166. The van der Waals surface area contributed by atoms with Crippen LogP contribution in [0.1, 0.15) is 174 Å². The van der Waals surface area contributed by atoms with E-state index in [2.05, 4.69) is 50.3 Å². The third-order valence-corrected chi connectivity index (χ3v) is 9.30. The second-order valence-electron chi connectivity index (χ2n) is 13.2. The fraction of sp³-hybridized carbons (Fsp3) is 0.780. The van der Waals surface area contributed by atoms with Crippen molar-refractivity contribution in [1.29, 1.82) is 0 Å². The van der Waals surface area contributed by atoms with Gasteiger partial charge in [0.25, 0.3) is 0 Å². The number of rotatable bonds is 38. The number of phosphoric acid groups is 1. The first kappa shape index (κ1) is 48.3. The Morgan fingerprint density at radius 3 is 1.64 bits per heavy atom. The molecule has 0 aromatic rings. The highest BCUT2D eigenvalue weighted by Gasteiger charge is 2.25. The maximum atomic E-state index is 12.5. The van der Waals surface area contributed by atoms with Crippen LogP contribution < -0.4 is 5.73 Å². The third-order valence-electron chi connectivity index (χ3n) is 8.31. The average Bonchev–Trinajstić information content (AvgIpc) is 3.10. The molecule has 0 bridgehead atoms. The van der Waals surface area contributed by atoms with Crippen molar-refractivity contribution in [2.45, 2.75) is 180 Å². The molecule has 0 radical (unpaired) electrons. The molecule has 0 aliphatic heterocycles. The van der Waals surface area contributed by atoms with Gasteiger partial charge in [-0.05, 0) is 63.9 Å². The maximum Gasteiger partial charge on any atom is 0.472 e. The normalized spacial score (nSPS) is 14.0. The van der Waals surface area contributed by atoms with Gasteiger partial charge in [0.05, 0.1) is 19.5 Å². The molecular formula is C41H76NO7P. The van der Waals surface area contributed by atoms with Crippen LogP contribution in [0.3, 0.4) is 0 Å². The summed E-state index contributed by atoms with van der Waals surface area (Å²) in [6.07, 6.45) is 45.1. The Hall–Kier alpha value is -1.70. The highest BCUT2D eigenvalue weighted by atomic mass is 31.2. The monoisotopic (exact) mass is 726 g/mol. The zero-order valence-corrected chi connectivity index (χ0v) is 33.0. The van der Waals surface area contributed by atoms with Crippen LogP contribution in [-0.2, 0) is 27.9 Å². The molecule has 8 nitrogen and oxygen atoms in total. The summed E-state index contributed by atoms with van der Waals surface area (Å²) in [5.74, 6) is -0.390. The number of hydrogen-bond acceptors (Lipinski definition) is 7. The molecule has 0 spiro atoms. The summed E-state index contributed by atoms with van der Waals surface area (Å²) in [4.78, 5) is 22.4. The van der Waals surface area contributed by atoms with E-state index in [1.54, 1.807) is 6.26 Å². The molecule has 0 amide bonds. The molecule has 0 aromatic carbocycles. The Morgan fingerprint density at radius 2 is 1.08 bits per heavy atom. The Labute approximate surface area is 307 Å². The minimum atomic E-state index is -4.30. The van der Waals surface area contributed by atoms with Gasteiger partial charge in [-0.1, -0.05) is 147 Å². The lowest BCUT2D eigenvalue weighted by atomic mass is 10.0. The van der Waals surface area contributed by atoms with E-state index < -0.39 is 13.9 Å². The predicted molar refractivity (Wildman–Crippen MR) is 210 cm³/mol. The van der Waals surface area contributed by atoms with Crippen LogP contribution in [0.2, 0.25) is 0 Å². The van der Waals surface area contributed by atoms with Crippen LogP contribution in [0.25, 0.3) is 0 Å². The number of allylic oxidation sites excluding steroid dienone is 7. The van der Waals surface area contributed by atoms with Gasteiger partial charge >= 0.3 is 13.8 Å². The number of esters is 1. The summed E-state index contributed by atoms with van der Waals surface area (Å²) in [6, 6.07) is 0. The summed E-state index contributed by atoms with van der Waals surface area (Å²) in [7, 11) is -4.30. The number of carbonyl (C=O) groups is 1. The highest BCUT2D eigenvalue weighted by molar-refractivity contribution is 7.47. The second kappa shape index (κ2) is 38.5. The topological polar surface area (TPSA) is 117 Å². The van der Waals surface area contributed by atoms with Crippen LogP contribution in [-0.4, -0.2) is 43.3 Å². The average molecular weight is 726 g/mol. The van der Waals surface area contributed by atoms with Gasteiger partial charge in [-0.25, -0.2) is 4.57 Å². The van der Waals surface area contributed by atoms with Crippen molar-refractivity contribution in [1.82, 2.24) is 0 Å². The number of unbranched alkanes of at least 4 members (excludes halogenated alkanes) is 19. The quantitative estimate of drug-likeness (QED) is 0.0212. The van der Waals surface area contributed by atoms with Gasteiger partial charge in [0.1, 0.15) is 6.61 Å². The molecule has 0 fully saturated rings. The Bertz CT molecular complexity index is 905. The zero-order valence-electron chi connectivity index (χ0n) is 32.1. The molecule has 50 heavy (non-hydrogen) atoms. The number of ether oxygens (including phenoxy) is 2. The summed E-state index contributed by atoms with van der Waals surface area (Å²) >= 11 is 0. The number of phosphoric ester groups is 1. The van der Waals surface area contributed by atoms with E-state index in [1.807, 2.05) is 6.08 Å². The second-order valence-corrected chi connectivity index (χ2v) is 14.7. The smallest absolute Gasteiger partial charge is 0.472 e. The van der Waals surface area contributed by atoms with Crippen LogP contribution in [0.5, 0.6) is 0 Å². The van der Waals surface area contributed by atoms with Crippen molar-refractivity contribution in [3.8, 4) is 0 Å². The summed E-state index contributed by atoms with van der Waals surface area (Å²) < 4.78 is 33.1. The Kier molecular flexibility index (Phi) is 37.2. The molecule has 0 heterocycles. The molecule has 0 saturated heterocycles. The molecule has 0 aliphatic carbocycles. The van der Waals surface area contributed by atoms with E-state index in [0.717, 1.165) is 38.5 Å². The molecule has 1 unspecified atom stereocenters. The molecule has 0 aliphatic rings. The number of carbonyl (C=O) groups excluding carboxylic acids is 1. The van der Waals surface area contributed by atoms with Crippen molar-refractivity contribution in [3.63, 3.8) is 0 Å². The minimum Gasteiger partial charge on any atom is -0.498 e. The van der Waals surface area contributed by atoms with Gasteiger partial charge in [-0.2, -0.15) is 0 Å². The first-order chi connectivity index (χ1) is 24.4. The number of hydrogen-bond donors (Lipinski definition) is 2. The van der Waals surface area contributed by atoms with Gasteiger partial charge < -0.3 is 20.1 Å². The van der Waals surface area contributed by atoms with Gasteiger partial charge in [-0.3, -0.25) is 13.8 Å². The van der Waals surface area contributed by atoms with Crippen LogP contribution >= 0.6 is 7.82 Å². The van der Waals surface area contributed by atoms with Gasteiger partial charge in [-0.15, -0.1) is 0 Å². The van der Waals surface area contributed by atoms with Gasteiger partial charge in [0.2, 0.25) is 0 Å². The first-order valence-corrected chi connectivity index (χ1v) is 21.7. The predicted octanol–water partition coefficient (Wildman–Crippen LogP) is 12.0. The molecule has 0 saturated carbocycles. The van der Waals surface area contributed by atoms with E-state index in [9.17, 15) is 14.3 Å². The van der Waals surface area contributed by atoms with Crippen molar-refractivity contribution < 1.29 is 32.8 Å². The molecular weight excluding hydrogens is 649 g/mol. The molecule has 3 N–H and O–H groups in total. The summed E-state index contributed by atoms with van der Waals surface area (Å²) in [5.41, 5.74) is 5.35. The van der Waals surface area contributed by atoms with Crippen molar-refractivity contribution >= 4 is 13.8 Å². The van der Waals surface area contributed by atoms with Crippen molar-refractivity contribution in [3.05, 3.63) is 48.8 Å². The van der Waals surface area contributed by atoms with Gasteiger partial charge in [0.15, 0.2) is 6.10 Å². The fourth-order valence-electron chi connectivity index (χ4n) is 5.32. The van der Waals surface area contributed by atoms with E-state index in [0.29, 0.717) is 6.42 Å². The molecule has 0 aromatic heterocycles. The maximum absolute atomic E-state index is 12.5. The lowest BCUT2D eigenvalue weighted by molar-refractivity contribution is -0.153. The molecule has 2 atom stereocenters. The summed E-state index contributed by atoms with van der Waals surface area (Å²) in [6.45, 7) is 4.16. The molecule has 0 rings (SSSR count). The Morgan fingerprint density at radius 1 is 0.620 bits per heavy atom. The zero-order chi connectivity index (χ0) is 36.6. The molecule has 292 valence electrons. The Balaban J connectivity index is 4.19. The lowest BCUT2D eigenvalue weighted by Gasteiger charge is -2.19. The SMILES string of the molecule is CCCCCC=CCC=CCC=CCCCCC(=O)O[C@H](COC=CCCCCCCCCCCCCCCCC)COP(=O)(O)OCCN. The number of nitrogens with two attached hydrogens (primary N) is 1. The molecule has 9 heteroatoms. The van der Waals surface area contributed by atoms with Crippen molar-refractivity contribution in [2.75, 3.05) is 26.4 Å². The highest BCUT2D eigenvalue weighted by Crippen LogP contribution is 2.43. The van der Waals surface area contributed by atoms with Crippen LogP contribution in [0.15, 0.2) is 48.8 Å². The van der Waals surface area contributed by atoms with E-state index >= 15 is 0 Å². The standard InChI is InChI=1S/C41H76NO7P/c1-3-5-7-9-11-13-15-17-19-21-23-25-27-29-31-33-36-46-38-40(39-48-50(44,45)47-37-35-42)49-41(43)34-32-30-28-26-24-22-20-18-16-14-12-10-8-6-4-2/h12,14,18,20,24,26,33,36,40H,3-11,13,15-17,19,21-23,25,27-32,34-35,37-39,42H2,1-2H3,(H,44,45)/t40-/m1/s1. The van der Waals surface area contributed by atoms with E-state index in [1.165, 1.54) is 109 Å². The van der Waals surface area contributed by atoms with E-state index in [-0.39, 0.29) is 38.8 Å². The third kappa shape index (κ3) is 37.6.